The summed E-state index contributed by atoms with van der Waals surface area (Å²) < 4.78 is 0. The van der Waals surface area contributed by atoms with Crippen molar-refractivity contribution in [2.75, 3.05) is 26.2 Å². The molecular weight excluding hydrogens is 316 g/mol. The zero-order chi connectivity index (χ0) is 17.8. The van der Waals surface area contributed by atoms with Gasteiger partial charge in [-0.15, -0.1) is 0 Å². The number of aryl methyl sites for hydroxylation is 1. The minimum atomic E-state index is 0.669. The minimum absolute atomic E-state index is 0.669. The van der Waals surface area contributed by atoms with Crippen molar-refractivity contribution in [3.8, 4) is 0 Å². The van der Waals surface area contributed by atoms with Crippen LogP contribution in [-0.2, 0) is 13.0 Å². The molecule has 2 aromatic carbocycles. The largest absolute Gasteiger partial charge is 0.316 e. The summed E-state index contributed by atoms with van der Waals surface area (Å²) in [6, 6.07) is 19.7. The fraction of sp³-hybridized carbons (Fsp3) is 0.500. The van der Waals surface area contributed by atoms with Crippen LogP contribution in [0.15, 0.2) is 54.6 Å². The average molecular weight is 349 g/mol. The van der Waals surface area contributed by atoms with Crippen molar-refractivity contribution >= 4 is 0 Å². The van der Waals surface area contributed by atoms with E-state index in [1.54, 1.807) is 0 Å². The maximum Gasteiger partial charge on any atom is 0.0233 e. The fourth-order valence-electron chi connectivity index (χ4n) is 4.72. The number of rotatable bonds is 7. The third-order valence-corrected chi connectivity index (χ3v) is 6.68. The Hall–Kier alpha value is -1.64. The Kier molecular flexibility index (Phi) is 5.42. The quantitative estimate of drug-likeness (QED) is 0.745. The van der Waals surface area contributed by atoms with Gasteiger partial charge in [0.2, 0.25) is 0 Å². The first-order chi connectivity index (χ1) is 12.8. The third kappa shape index (κ3) is 4.19. The van der Waals surface area contributed by atoms with Crippen LogP contribution >= 0.6 is 0 Å². The summed E-state index contributed by atoms with van der Waals surface area (Å²) in [5.74, 6) is 0.915. The average Bonchev–Trinajstić information content (AvgIpc) is 3.35. The Morgan fingerprint density at radius 1 is 1.00 bits per heavy atom. The van der Waals surface area contributed by atoms with E-state index < -0.39 is 0 Å². The molecule has 26 heavy (non-hydrogen) atoms. The number of hydrogen-bond acceptors (Lipinski definition) is 2. The second-order valence-corrected chi connectivity index (χ2v) is 8.41. The van der Waals surface area contributed by atoms with E-state index in [4.69, 9.17) is 0 Å². The molecule has 1 aliphatic carbocycles. The highest BCUT2D eigenvalue weighted by atomic mass is 15.1. The summed E-state index contributed by atoms with van der Waals surface area (Å²) in [7, 11) is 0. The second-order valence-electron chi connectivity index (χ2n) is 8.41. The number of hydrogen-bond donors (Lipinski definition) is 1. The maximum absolute atomic E-state index is 3.73. The van der Waals surface area contributed by atoms with Crippen molar-refractivity contribution in [2.24, 2.45) is 11.3 Å². The highest BCUT2D eigenvalue weighted by molar-refractivity contribution is 5.25. The number of nitrogens with one attached hydrogen (secondary N) is 1. The fourth-order valence-corrected chi connectivity index (χ4v) is 4.72. The summed E-state index contributed by atoms with van der Waals surface area (Å²) in [5, 5.41) is 3.73. The number of likely N-dealkylation sites (tertiary alicyclic amines) is 1. The lowest BCUT2D eigenvalue weighted by Gasteiger charge is -2.33. The Balaban J connectivity index is 1.16. The van der Waals surface area contributed by atoms with Crippen molar-refractivity contribution in [3.63, 3.8) is 0 Å². The van der Waals surface area contributed by atoms with Crippen LogP contribution in [0.1, 0.15) is 36.0 Å². The molecule has 1 N–H and O–H groups in total. The molecule has 1 saturated heterocycles. The van der Waals surface area contributed by atoms with Gasteiger partial charge in [-0.25, -0.2) is 0 Å². The van der Waals surface area contributed by atoms with E-state index in [1.807, 2.05) is 0 Å². The van der Waals surface area contributed by atoms with Crippen molar-refractivity contribution < 1.29 is 0 Å². The van der Waals surface area contributed by atoms with Gasteiger partial charge in [0.25, 0.3) is 0 Å². The molecular formula is C24H32N2. The topological polar surface area (TPSA) is 15.3 Å². The molecule has 2 aromatic rings. The highest BCUT2D eigenvalue weighted by Crippen LogP contribution is 2.59. The maximum atomic E-state index is 3.73. The molecule has 0 bridgehead atoms. The standard InChI is InChI=1S/C24H32N2/c1-20-7-5-6-10-22(20)11-14-25-18-23-17-24(23)12-15-26(16-13-24)19-21-8-3-2-4-9-21/h2-10,23,25H,11-19H2,1H3. The molecule has 1 unspecified atom stereocenters. The summed E-state index contributed by atoms with van der Waals surface area (Å²) in [6.07, 6.45) is 5.38. The zero-order valence-corrected chi connectivity index (χ0v) is 16.1. The van der Waals surface area contributed by atoms with Crippen LogP contribution in [0, 0.1) is 18.3 Å². The van der Waals surface area contributed by atoms with Gasteiger partial charge in [-0.2, -0.15) is 0 Å². The molecule has 1 atom stereocenters. The van der Waals surface area contributed by atoms with Gasteiger partial charge in [0, 0.05) is 6.54 Å². The van der Waals surface area contributed by atoms with Gasteiger partial charge in [0.15, 0.2) is 0 Å². The monoisotopic (exact) mass is 348 g/mol. The van der Waals surface area contributed by atoms with E-state index in [0.29, 0.717) is 5.41 Å². The molecule has 4 rings (SSSR count). The van der Waals surface area contributed by atoms with E-state index in [0.717, 1.165) is 25.4 Å². The highest BCUT2D eigenvalue weighted by Gasteiger charge is 2.53. The van der Waals surface area contributed by atoms with Crippen molar-refractivity contribution in [1.82, 2.24) is 10.2 Å². The lowest BCUT2D eigenvalue weighted by atomic mass is 9.90. The van der Waals surface area contributed by atoms with Gasteiger partial charge in [-0.05, 0) is 86.8 Å². The van der Waals surface area contributed by atoms with Crippen LogP contribution < -0.4 is 5.32 Å². The number of benzene rings is 2. The van der Waals surface area contributed by atoms with Crippen molar-refractivity contribution in [2.45, 2.75) is 39.2 Å². The Morgan fingerprint density at radius 2 is 1.73 bits per heavy atom. The Bertz CT molecular complexity index is 701. The molecule has 0 aromatic heterocycles. The Labute approximate surface area is 158 Å². The van der Waals surface area contributed by atoms with Gasteiger partial charge < -0.3 is 5.32 Å². The van der Waals surface area contributed by atoms with Crippen molar-refractivity contribution in [1.29, 1.82) is 0 Å². The van der Waals surface area contributed by atoms with E-state index in [1.165, 1.54) is 55.6 Å². The minimum Gasteiger partial charge on any atom is -0.316 e. The predicted octanol–water partition coefficient (Wildman–Crippen LogP) is 4.43. The van der Waals surface area contributed by atoms with Gasteiger partial charge in [-0.3, -0.25) is 4.90 Å². The molecule has 1 heterocycles. The molecule has 0 radical (unpaired) electrons. The molecule has 0 amide bonds. The van der Waals surface area contributed by atoms with E-state index >= 15 is 0 Å². The lowest BCUT2D eigenvalue weighted by molar-refractivity contribution is 0.156. The summed E-state index contributed by atoms with van der Waals surface area (Å²) >= 11 is 0. The lowest BCUT2D eigenvalue weighted by Crippen LogP contribution is -2.35. The first kappa shape index (κ1) is 17.8. The summed E-state index contributed by atoms with van der Waals surface area (Å²) in [5.41, 5.74) is 5.03. The SMILES string of the molecule is Cc1ccccc1CCNCC1CC12CCN(Cc1ccccc1)CC2. The molecule has 138 valence electrons. The van der Waals surface area contributed by atoms with E-state index in [2.05, 4.69) is 71.7 Å². The van der Waals surface area contributed by atoms with Gasteiger partial charge in [-0.1, -0.05) is 54.6 Å². The molecule has 2 aliphatic rings. The van der Waals surface area contributed by atoms with Gasteiger partial charge in [0.05, 0.1) is 0 Å². The van der Waals surface area contributed by atoms with Crippen LogP contribution in [0.25, 0.3) is 0 Å². The van der Waals surface area contributed by atoms with Gasteiger partial charge in [0.1, 0.15) is 0 Å². The molecule has 1 saturated carbocycles. The van der Waals surface area contributed by atoms with Crippen LogP contribution in [0.2, 0.25) is 0 Å². The predicted molar refractivity (Wildman–Crippen MR) is 109 cm³/mol. The summed E-state index contributed by atoms with van der Waals surface area (Å²) in [6.45, 7) is 8.20. The second kappa shape index (κ2) is 7.94. The Morgan fingerprint density at radius 3 is 2.50 bits per heavy atom. The normalized spacial score (nSPS) is 21.8. The first-order valence-corrected chi connectivity index (χ1v) is 10.3. The molecule has 2 fully saturated rings. The third-order valence-electron chi connectivity index (χ3n) is 6.68. The molecule has 1 aliphatic heterocycles. The van der Waals surface area contributed by atoms with Crippen molar-refractivity contribution in [3.05, 3.63) is 71.3 Å². The van der Waals surface area contributed by atoms with Gasteiger partial charge >= 0.3 is 0 Å². The molecule has 1 spiro atoms. The number of nitrogens with zero attached hydrogens (tertiary/aromatic N) is 1. The number of piperidine rings is 1. The zero-order valence-electron chi connectivity index (χ0n) is 16.1. The van der Waals surface area contributed by atoms with E-state index in [-0.39, 0.29) is 0 Å². The molecule has 2 nitrogen and oxygen atoms in total. The smallest absolute Gasteiger partial charge is 0.0233 e. The molecule has 2 heteroatoms. The van der Waals surface area contributed by atoms with Crippen LogP contribution in [0.5, 0.6) is 0 Å². The van der Waals surface area contributed by atoms with Crippen LogP contribution in [0.3, 0.4) is 0 Å². The van der Waals surface area contributed by atoms with E-state index in [9.17, 15) is 0 Å². The first-order valence-electron chi connectivity index (χ1n) is 10.3. The summed E-state index contributed by atoms with van der Waals surface area (Å²) in [4.78, 5) is 2.64. The van der Waals surface area contributed by atoms with Crippen LogP contribution in [0.4, 0.5) is 0 Å². The van der Waals surface area contributed by atoms with Crippen LogP contribution in [-0.4, -0.2) is 31.1 Å².